The molecule has 116 valence electrons. The van der Waals surface area contributed by atoms with Crippen LogP contribution in [0.4, 0.5) is 0 Å². The van der Waals surface area contributed by atoms with E-state index in [9.17, 15) is 10.2 Å². The van der Waals surface area contributed by atoms with Gasteiger partial charge in [0.05, 0.1) is 0 Å². The topological polar surface area (TPSA) is 46.9 Å². The number of para-hydroxylation sites is 2. The Kier molecular flexibility index (Phi) is 4.61. The molecule has 2 aromatic carbocycles. The molecule has 1 saturated heterocycles. The lowest BCUT2D eigenvalue weighted by Crippen LogP contribution is -2.45. The van der Waals surface area contributed by atoms with Crippen molar-refractivity contribution in [3.8, 4) is 11.5 Å². The van der Waals surface area contributed by atoms with Crippen LogP contribution in [-0.4, -0.2) is 46.2 Å². The Labute approximate surface area is 131 Å². The number of piperazine rings is 1. The molecule has 4 nitrogen and oxygen atoms in total. The van der Waals surface area contributed by atoms with Crippen molar-refractivity contribution < 1.29 is 10.2 Å². The van der Waals surface area contributed by atoms with E-state index in [0.29, 0.717) is 11.5 Å². The highest BCUT2D eigenvalue weighted by Gasteiger charge is 2.18. The molecule has 0 aliphatic carbocycles. The fraction of sp³-hybridized carbons (Fsp3) is 0.333. The first-order valence-electron chi connectivity index (χ1n) is 7.71. The maximum absolute atomic E-state index is 9.85. The zero-order chi connectivity index (χ0) is 15.4. The Hall–Kier alpha value is -2.04. The number of aromatic hydroxyl groups is 2. The van der Waals surface area contributed by atoms with E-state index >= 15 is 0 Å². The maximum atomic E-state index is 9.85. The summed E-state index contributed by atoms with van der Waals surface area (Å²) in [5.74, 6) is 0.748. The van der Waals surface area contributed by atoms with Gasteiger partial charge < -0.3 is 10.2 Å². The first-order chi connectivity index (χ1) is 10.7. The molecular formula is C18H22N2O2. The molecule has 0 spiro atoms. The molecule has 1 heterocycles. The molecular weight excluding hydrogens is 276 g/mol. The van der Waals surface area contributed by atoms with Crippen LogP contribution in [0.5, 0.6) is 11.5 Å². The molecule has 0 amide bonds. The van der Waals surface area contributed by atoms with Crippen LogP contribution in [0.15, 0.2) is 48.5 Å². The highest BCUT2D eigenvalue weighted by atomic mass is 16.3. The Morgan fingerprint density at radius 2 is 1.00 bits per heavy atom. The molecule has 0 radical (unpaired) electrons. The Morgan fingerprint density at radius 3 is 1.36 bits per heavy atom. The van der Waals surface area contributed by atoms with E-state index in [1.54, 1.807) is 12.1 Å². The summed E-state index contributed by atoms with van der Waals surface area (Å²) in [7, 11) is 0. The van der Waals surface area contributed by atoms with Crippen LogP contribution in [0.3, 0.4) is 0 Å². The summed E-state index contributed by atoms with van der Waals surface area (Å²) in [6, 6.07) is 15.1. The van der Waals surface area contributed by atoms with Gasteiger partial charge in [-0.05, 0) is 12.1 Å². The summed E-state index contributed by atoms with van der Waals surface area (Å²) in [6.45, 7) is 5.47. The molecule has 4 heteroatoms. The summed E-state index contributed by atoms with van der Waals surface area (Å²) >= 11 is 0. The minimum atomic E-state index is 0.374. The summed E-state index contributed by atoms with van der Waals surface area (Å²) in [5.41, 5.74) is 1.97. The van der Waals surface area contributed by atoms with E-state index < -0.39 is 0 Å². The zero-order valence-electron chi connectivity index (χ0n) is 12.7. The molecule has 0 saturated carbocycles. The normalized spacial score (nSPS) is 16.7. The number of benzene rings is 2. The van der Waals surface area contributed by atoms with E-state index in [2.05, 4.69) is 9.80 Å². The number of hydrogen-bond donors (Lipinski definition) is 2. The second-order valence-corrected chi connectivity index (χ2v) is 5.81. The number of rotatable bonds is 4. The Bertz CT molecular complexity index is 566. The molecule has 2 aromatic rings. The summed E-state index contributed by atoms with van der Waals surface area (Å²) < 4.78 is 0. The maximum Gasteiger partial charge on any atom is 0.120 e. The van der Waals surface area contributed by atoms with Gasteiger partial charge >= 0.3 is 0 Å². The van der Waals surface area contributed by atoms with Crippen LogP contribution in [0.25, 0.3) is 0 Å². The fourth-order valence-electron chi connectivity index (χ4n) is 2.88. The van der Waals surface area contributed by atoms with Gasteiger partial charge in [-0.3, -0.25) is 9.80 Å². The van der Waals surface area contributed by atoms with Gasteiger partial charge in [0.1, 0.15) is 11.5 Å². The van der Waals surface area contributed by atoms with Crippen LogP contribution in [-0.2, 0) is 13.1 Å². The average Bonchev–Trinajstić information content (AvgIpc) is 2.54. The van der Waals surface area contributed by atoms with Gasteiger partial charge in [-0.1, -0.05) is 36.4 Å². The Balaban J connectivity index is 1.52. The third kappa shape index (κ3) is 3.59. The summed E-state index contributed by atoms with van der Waals surface area (Å²) in [6.07, 6.45) is 0. The van der Waals surface area contributed by atoms with Crippen molar-refractivity contribution in [3.05, 3.63) is 59.7 Å². The molecule has 2 N–H and O–H groups in total. The van der Waals surface area contributed by atoms with Crippen molar-refractivity contribution in [2.75, 3.05) is 26.2 Å². The van der Waals surface area contributed by atoms with E-state index in [-0.39, 0.29) is 0 Å². The van der Waals surface area contributed by atoms with E-state index in [1.165, 1.54) is 0 Å². The minimum Gasteiger partial charge on any atom is -0.508 e. The quantitative estimate of drug-likeness (QED) is 0.910. The number of phenols is 2. The van der Waals surface area contributed by atoms with E-state index in [0.717, 1.165) is 50.4 Å². The van der Waals surface area contributed by atoms with Crippen LogP contribution in [0, 0.1) is 0 Å². The third-order valence-corrected chi connectivity index (χ3v) is 4.24. The highest BCUT2D eigenvalue weighted by Crippen LogP contribution is 2.21. The second kappa shape index (κ2) is 6.81. The largest absolute Gasteiger partial charge is 0.508 e. The van der Waals surface area contributed by atoms with Gasteiger partial charge in [0.15, 0.2) is 0 Å². The van der Waals surface area contributed by atoms with E-state index in [1.807, 2.05) is 36.4 Å². The third-order valence-electron chi connectivity index (χ3n) is 4.24. The highest BCUT2D eigenvalue weighted by molar-refractivity contribution is 5.32. The van der Waals surface area contributed by atoms with Crippen molar-refractivity contribution in [1.29, 1.82) is 0 Å². The van der Waals surface area contributed by atoms with Crippen molar-refractivity contribution in [2.45, 2.75) is 13.1 Å². The first-order valence-corrected chi connectivity index (χ1v) is 7.71. The van der Waals surface area contributed by atoms with Crippen LogP contribution in [0.1, 0.15) is 11.1 Å². The average molecular weight is 298 g/mol. The summed E-state index contributed by atoms with van der Waals surface area (Å²) in [4.78, 5) is 4.72. The number of nitrogens with zero attached hydrogens (tertiary/aromatic N) is 2. The zero-order valence-corrected chi connectivity index (χ0v) is 12.7. The molecule has 0 aromatic heterocycles. The molecule has 1 aliphatic rings. The molecule has 1 fully saturated rings. The molecule has 22 heavy (non-hydrogen) atoms. The molecule has 3 rings (SSSR count). The molecule has 1 aliphatic heterocycles. The van der Waals surface area contributed by atoms with Gasteiger partial charge in [-0.2, -0.15) is 0 Å². The smallest absolute Gasteiger partial charge is 0.120 e. The predicted octanol–water partition coefficient (Wildman–Crippen LogP) is 2.42. The lowest BCUT2D eigenvalue weighted by molar-refractivity contribution is 0.120. The second-order valence-electron chi connectivity index (χ2n) is 5.81. The Morgan fingerprint density at radius 1 is 0.636 bits per heavy atom. The van der Waals surface area contributed by atoms with Crippen LogP contribution >= 0.6 is 0 Å². The van der Waals surface area contributed by atoms with Crippen LogP contribution < -0.4 is 0 Å². The minimum absolute atomic E-state index is 0.374. The SMILES string of the molecule is Oc1ccccc1CN1CCN(Cc2ccccc2O)CC1. The monoisotopic (exact) mass is 298 g/mol. The van der Waals surface area contributed by atoms with Gasteiger partial charge in [-0.25, -0.2) is 0 Å². The van der Waals surface area contributed by atoms with Gasteiger partial charge in [0, 0.05) is 50.4 Å². The predicted molar refractivity (Wildman–Crippen MR) is 86.8 cm³/mol. The fourth-order valence-corrected chi connectivity index (χ4v) is 2.88. The van der Waals surface area contributed by atoms with Gasteiger partial charge in [0.2, 0.25) is 0 Å². The van der Waals surface area contributed by atoms with E-state index in [4.69, 9.17) is 0 Å². The molecule has 0 unspecified atom stereocenters. The summed E-state index contributed by atoms with van der Waals surface area (Å²) in [5, 5.41) is 19.7. The van der Waals surface area contributed by atoms with Crippen molar-refractivity contribution in [1.82, 2.24) is 9.80 Å². The number of hydrogen-bond acceptors (Lipinski definition) is 4. The lowest BCUT2D eigenvalue weighted by Gasteiger charge is -2.34. The number of phenolic OH excluding ortho intramolecular Hbond substituents is 2. The van der Waals surface area contributed by atoms with Crippen molar-refractivity contribution in [3.63, 3.8) is 0 Å². The van der Waals surface area contributed by atoms with Gasteiger partial charge in [-0.15, -0.1) is 0 Å². The van der Waals surface area contributed by atoms with Gasteiger partial charge in [0.25, 0.3) is 0 Å². The molecule has 0 atom stereocenters. The van der Waals surface area contributed by atoms with Crippen molar-refractivity contribution in [2.24, 2.45) is 0 Å². The standard InChI is InChI=1S/C18H22N2O2/c21-17-7-3-1-5-15(17)13-19-9-11-20(12-10-19)14-16-6-2-4-8-18(16)22/h1-8,21-22H,9-14H2. The molecule has 0 bridgehead atoms. The van der Waals surface area contributed by atoms with Crippen LogP contribution in [0.2, 0.25) is 0 Å². The lowest BCUT2D eigenvalue weighted by atomic mass is 10.1. The van der Waals surface area contributed by atoms with Crippen molar-refractivity contribution >= 4 is 0 Å². The first kappa shape index (κ1) is 14.9.